The van der Waals surface area contributed by atoms with Crippen molar-refractivity contribution in [2.45, 2.75) is 46.5 Å². The third kappa shape index (κ3) is 3.63. The maximum atomic E-state index is 5.53. The van der Waals surface area contributed by atoms with Crippen LogP contribution < -0.4 is 0 Å². The molecule has 3 heterocycles. The molecule has 1 aliphatic heterocycles. The average molecular weight is 337 g/mol. The van der Waals surface area contributed by atoms with Gasteiger partial charge in [0.25, 0.3) is 0 Å². The molecule has 0 amide bonds. The standard InChI is InChI=1S/C21H27N3O/c1-5-6-7-9-16-14(2)18(23-15(16)3)12-20-21(25-4)13-19(24-20)17-10-8-11-22-17/h8,10-13,22-23H,5-7,9H2,1-4H3/b20-12-. The van der Waals surface area contributed by atoms with Crippen molar-refractivity contribution in [1.82, 2.24) is 9.97 Å². The van der Waals surface area contributed by atoms with Crippen LogP contribution in [0.2, 0.25) is 0 Å². The lowest BCUT2D eigenvalue weighted by Gasteiger charge is -2.03. The molecule has 1 aliphatic rings. The maximum Gasteiger partial charge on any atom is 0.146 e. The van der Waals surface area contributed by atoms with E-state index in [1.54, 1.807) is 7.11 Å². The Kier molecular flexibility index (Phi) is 5.27. The van der Waals surface area contributed by atoms with Crippen molar-refractivity contribution in [2.75, 3.05) is 7.11 Å². The van der Waals surface area contributed by atoms with Crippen LogP contribution in [0, 0.1) is 13.8 Å². The van der Waals surface area contributed by atoms with Gasteiger partial charge in [-0.05, 0) is 56.0 Å². The molecule has 0 aromatic carbocycles. The molecule has 2 aromatic rings. The lowest BCUT2D eigenvalue weighted by molar-refractivity contribution is 0.303. The van der Waals surface area contributed by atoms with Gasteiger partial charge in [0.2, 0.25) is 0 Å². The van der Waals surface area contributed by atoms with E-state index < -0.39 is 0 Å². The summed E-state index contributed by atoms with van der Waals surface area (Å²) in [6.07, 6.45) is 10.9. The van der Waals surface area contributed by atoms with E-state index in [4.69, 9.17) is 9.73 Å². The van der Waals surface area contributed by atoms with Crippen LogP contribution in [0.5, 0.6) is 0 Å². The first-order chi connectivity index (χ1) is 12.1. The highest BCUT2D eigenvalue weighted by atomic mass is 16.5. The molecule has 0 atom stereocenters. The van der Waals surface area contributed by atoms with Gasteiger partial charge in [0.05, 0.1) is 18.5 Å². The minimum absolute atomic E-state index is 0.795. The molecule has 0 bridgehead atoms. The molecule has 25 heavy (non-hydrogen) atoms. The topological polar surface area (TPSA) is 53.2 Å². The Morgan fingerprint density at radius 2 is 2.08 bits per heavy atom. The van der Waals surface area contributed by atoms with Crippen LogP contribution in [0.3, 0.4) is 0 Å². The Morgan fingerprint density at radius 1 is 1.24 bits per heavy atom. The molecule has 0 unspecified atom stereocenters. The molecule has 2 N–H and O–H groups in total. The number of allylic oxidation sites excluding steroid dienone is 1. The van der Waals surface area contributed by atoms with Gasteiger partial charge in [-0.3, -0.25) is 0 Å². The number of aliphatic imine (C=N–C) groups is 1. The fourth-order valence-electron chi connectivity index (χ4n) is 3.33. The molecule has 4 heteroatoms. The van der Waals surface area contributed by atoms with Crippen molar-refractivity contribution in [3.8, 4) is 0 Å². The van der Waals surface area contributed by atoms with Crippen LogP contribution in [0.4, 0.5) is 0 Å². The van der Waals surface area contributed by atoms with Crippen molar-refractivity contribution >= 4 is 11.8 Å². The Balaban J connectivity index is 1.90. The van der Waals surface area contributed by atoms with Crippen LogP contribution >= 0.6 is 0 Å². The molecule has 0 saturated heterocycles. The first-order valence-electron chi connectivity index (χ1n) is 9.02. The number of hydrogen-bond donors (Lipinski definition) is 2. The SMILES string of the molecule is CCCCCc1c(C)[nH]c(/C=C2\N=C(c3ccc[nH]3)C=C2OC)c1C. The van der Waals surface area contributed by atoms with E-state index in [9.17, 15) is 0 Å². The lowest BCUT2D eigenvalue weighted by Crippen LogP contribution is -1.93. The largest absolute Gasteiger partial charge is 0.494 e. The highest BCUT2D eigenvalue weighted by molar-refractivity contribution is 6.11. The summed E-state index contributed by atoms with van der Waals surface area (Å²) in [7, 11) is 1.69. The van der Waals surface area contributed by atoms with Crippen molar-refractivity contribution in [3.05, 3.63) is 64.1 Å². The van der Waals surface area contributed by atoms with Crippen molar-refractivity contribution in [3.63, 3.8) is 0 Å². The van der Waals surface area contributed by atoms with Crippen molar-refractivity contribution < 1.29 is 4.74 Å². The number of methoxy groups -OCH3 is 1. The fraction of sp³-hybridized carbons (Fsp3) is 0.381. The molecule has 0 saturated carbocycles. The highest BCUT2D eigenvalue weighted by Gasteiger charge is 2.18. The first kappa shape index (κ1) is 17.3. The van der Waals surface area contributed by atoms with Crippen LogP contribution in [-0.4, -0.2) is 22.8 Å². The number of H-pyrrole nitrogens is 2. The Bertz CT molecular complexity index is 820. The molecule has 132 valence electrons. The fourth-order valence-corrected chi connectivity index (χ4v) is 3.33. The Hall–Kier alpha value is -2.49. The third-order valence-electron chi connectivity index (χ3n) is 4.80. The second-order valence-corrected chi connectivity index (χ2v) is 6.55. The minimum Gasteiger partial charge on any atom is -0.494 e. The Labute approximate surface area is 149 Å². The van der Waals surface area contributed by atoms with E-state index in [0.29, 0.717) is 0 Å². The maximum absolute atomic E-state index is 5.53. The summed E-state index contributed by atoms with van der Waals surface area (Å²) in [5.74, 6) is 0.795. The minimum atomic E-state index is 0.795. The van der Waals surface area contributed by atoms with Gasteiger partial charge in [0.1, 0.15) is 11.5 Å². The van der Waals surface area contributed by atoms with Gasteiger partial charge in [-0.25, -0.2) is 4.99 Å². The van der Waals surface area contributed by atoms with Gasteiger partial charge < -0.3 is 14.7 Å². The smallest absolute Gasteiger partial charge is 0.146 e. The van der Waals surface area contributed by atoms with Gasteiger partial charge in [-0.2, -0.15) is 0 Å². The molecule has 0 radical (unpaired) electrons. The predicted molar refractivity (Wildman–Crippen MR) is 104 cm³/mol. The molecule has 0 spiro atoms. The number of aromatic amines is 2. The molecule has 0 aliphatic carbocycles. The summed E-state index contributed by atoms with van der Waals surface area (Å²) in [4.78, 5) is 11.5. The van der Waals surface area contributed by atoms with E-state index in [2.05, 4.69) is 36.8 Å². The van der Waals surface area contributed by atoms with E-state index in [0.717, 1.165) is 35.0 Å². The van der Waals surface area contributed by atoms with Crippen LogP contribution in [0.1, 0.15) is 54.4 Å². The number of aryl methyl sites for hydroxylation is 1. The van der Waals surface area contributed by atoms with Gasteiger partial charge in [0, 0.05) is 23.7 Å². The summed E-state index contributed by atoms with van der Waals surface area (Å²) < 4.78 is 5.53. The summed E-state index contributed by atoms with van der Waals surface area (Å²) in [5.41, 5.74) is 7.90. The number of aromatic nitrogens is 2. The number of unbranched alkanes of at least 4 members (excludes halogenated alkanes) is 2. The molecule has 3 rings (SSSR count). The summed E-state index contributed by atoms with van der Waals surface area (Å²) in [5, 5.41) is 0. The van der Waals surface area contributed by atoms with Crippen molar-refractivity contribution in [2.24, 2.45) is 4.99 Å². The number of nitrogens with one attached hydrogen (secondary N) is 2. The first-order valence-corrected chi connectivity index (χ1v) is 9.02. The summed E-state index contributed by atoms with van der Waals surface area (Å²) >= 11 is 0. The van der Waals surface area contributed by atoms with Crippen LogP contribution in [0.25, 0.3) is 6.08 Å². The molecule has 0 fully saturated rings. The van der Waals surface area contributed by atoms with Gasteiger partial charge in [0.15, 0.2) is 0 Å². The monoisotopic (exact) mass is 337 g/mol. The second-order valence-electron chi connectivity index (χ2n) is 6.55. The van der Waals surface area contributed by atoms with Gasteiger partial charge >= 0.3 is 0 Å². The van der Waals surface area contributed by atoms with E-state index in [1.165, 1.54) is 36.1 Å². The lowest BCUT2D eigenvalue weighted by atomic mass is 10.0. The van der Waals surface area contributed by atoms with E-state index >= 15 is 0 Å². The number of hydrogen-bond acceptors (Lipinski definition) is 2. The third-order valence-corrected chi connectivity index (χ3v) is 4.80. The normalized spacial score (nSPS) is 15.6. The average Bonchev–Trinajstić information content (AvgIpc) is 3.31. The molecular weight excluding hydrogens is 310 g/mol. The van der Waals surface area contributed by atoms with E-state index in [1.807, 2.05) is 24.4 Å². The molecule has 2 aromatic heterocycles. The Morgan fingerprint density at radius 3 is 2.76 bits per heavy atom. The van der Waals surface area contributed by atoms with Crippen molar-refractivity contribution in [1.29, 1.82) is 0 Å². The summed E-state index contributed by atoms with van der Waals surface area (Å²) in [6.45, 7) is 6.59. The zero-order valence-electron chi connectivity index (χ0n) is 15.6. The predicted octanol–water partition coefficient (Wildman–Crippen LogP) is 5.07. The van der Waals surface area contributed by atoms with Gasteiger partial charge in [-0.1, -0.05) is 19.8 Å². The van der Waals surface area contributed by atoms with Crippen LogP contribution in [0.15, 0.2) is 40.9 Å². The quantitative estimate of drug-likeness (QED) is 0.681. The van der Waals surface area contributed by atoms with Crippen LogP contribution in [-0.2, 0) is 11.2 Å². The summed E-state index contributed by atoms with van der Waals surface area (Å²) in [6, 6.07) is 3.99. The zero-order valence-corrected chi connectivity index (χ0v) is 15.6. The van der Waals surface area contributed by atoms with Gasteiger partial charge in [-0.15, -0.1) is 0 Å². The second kappa shape index (κ2) is 7.60. The molecular formula is C21H27N3O. The molecule has 4 nitrogen and oxygen atoms in total. The zero-order chi connectivity index (χ0) is 17.8. The number of nitrogens with zero attached hydrogens (tertiary/aromatic N) is 1. The highest BCUT2D eigenvalue weighted by Crippen LogP contribution is 2.27. The van der Waals surface area contributed by atoms with E-state index in [-0.39, 0.29) is 0 Å². The number of ether oxygens (including phenoxy) is 1. The number of rotatable bonds is 7.